The second kappa shape index (κ2) is 8.01. The van der Waals surface area contributed by atoms with Gasteiger partial charge in [-0.2, -0.15) is 0 Å². The molecule has 2 aromatic carbocycles. The summed E-state index contributed by atoms with van der Waals surface area (Å²) in [4.78, 5) is 12.3. The molecule has 4 nitrogen and oxygen atoms in total. The van der Waals surface area contributed by atoms with Crippen molar-refractivity contribution in [3.8, 4) is 5.75 Å². The van der Waals surface area contributed by atoms with Crippen molar-refractivity contribution >= 4 is 39.1 Å². The summed E-state index contributed by atoms with van der Waals surface area (Å²) in [7, 11) is 0. The minimum absolute atomic E-state index is 0.174. The zero-order chi connectivity index (χ0) is 16.9. The van der Waals surface area contributed by atoms with Gasteiger partial charge in [0.15, 0.2) is 0 Å². The molecule has 0 radical (unpaired) electrons. The third-order valence-corrected chi connectivity index (χ3v) is 4.56. The highest BCUT2D eigenvalue weighted by Crippen LogP contribution is 2.26. The molecule has 1 heterocycles. The number of hydrogen-bond acceptors (Lipinski definition) is 3. The SMILES string of the molecule is O=C(Nc1ccc(Br)cc1Cl)c1ccc(OC[C@H]2CCCO2)cc1. The predicted octanol–water partition coefficient (Wildman–Crippen LogP) is 4.91. The van der Waals surface area contributed by atoms with E-state index in [1.165, 1.54) is 0 Å². The first-order chi connectivity index (χ1) is 11.6. The van der Waals surface area contributed by atoms with Crippen LogP contribution in [0.1, 0.15) is 23.2 Å². The molecule has 1 N–H and O–H groups in total. The molecule has 0 unspecified atom stereocenters. The van der Waals surface area contributed by atoms with E-state index in [1.807, 2.05) is 6.07 Å². The Labute approximate surface area is 154 Å². The maximum atomic E-state index is 12.3. The lowest BCUT2D eigenvalue weighted by atomic mass is 10.2. The molecule has 0 bridgehead atoms. The lowest BCUT2D eigenvalue weighted by Crippen LogP contribution is -2.16. The molecule has 0 saturated carbocycles. The average molecular weight is 411 g/mol. The monoisotopic (exact) mass is 409 g/mol. The Morgan fingerprint density at radius 3 is 2.75 bits per heavy atom. The summed E-state index contributed by atoms with van der Waals surface area (Å²) in [5.74, 6) is 0.508. The van der Waals surface area contributed by atoms with E-state index in [2.05, 4.69) is 21.2 Å². The fourth-order valence-electron chi connectivity index (χ4n) is 2.45. The highest BCUT2D eigenvalue weighted by molar-refractivity contribution is 9.10. The van der Waals surface area contributed by atoms with Crippen molar-refractivity contribution < 1.29 is 14.3 Å². The van der Waals surface area contributed by atoms with Gasteiger partial charge in [-0.25, -0.2) is 0 Å². The van der Waals surface area contributed by atoms with Crippen molar-refractivity contribution in [1.29, 1.82) is 0 Å². The van der Waals surface area contributed by atoms with Gasteiger partial charge in [0, 0.05) is 16.6 Å². The molecule has 3 rings (SSSR count). The molecule has 1 amide bonds. The molecule has 24 heavy (non-hydrogen) atoms. The third-order valence-electron chi connectivity index (χ3n) is 3.76. The van der Waals surface area contributed by atoms with E-state index in [-0.39, 0.29) is 12.0 Å². The number of ether oxygens (including phenoxy) is 2. The molecule has 1 aliphatic rings. The quantitative estimate of drug-likeness (QED) is 0.761. The number of carbonyl (C=O) groups excluding carboxylic acids is 1. The van der Waals surface area contributed by atoms with Crippen molar-refractivity contribution in [2.24, 2.45) is 0 Å². The van der Waals surface area contributed by atoms with Gasteiger partial charge in [0.25, 0.3) is 5.91 Å². The Hall–Kier alpha value is -1.56. The van der Waals surface area contributed by atoms with Gasteiger partial charge in [0.2, 0.25) is 0 Å². The van der Waals surface area contributed by atoms with Gasteiger partial charge < -0.3 is 14.8 Å². The van der Waals surface area contributed by atoms with Crippen LogP contribution in [0.4, 0.5) is 5.69 Å². The Balaban J connectivity index is 1.58. The molecule has 0 spiro atoms. The molecule has 126 valence electrons. The van der Waals surface area contributed by atoms with E-state index in [4.69, 9.17) is 21.1 Å². The van der Waals surface area contributed by atoms with Crippen molar-refractivity contribution in [3.63, 3.8) is 0 Å². The number of benzene rings is 2. The van der Waals surface area contributed by atoms with Gasteiger partial charge in [0.1, 0.15) is 12.4 Å². The number of carbonyl (C=O) groups is 1. The van der Waals surface area contributed by atoms with E-state index in [9.17, 15) is 4.79 Å². The van der Waals surface area contributed by atoms with Gasteiger partial charge in [0.05, 0.1) is 16.8 Å². The van der Waals surface area contributed by atoms with Crippen LogP contribution in [0.25, 0.3) is 0 Å². The second-order valence-corrected chi connectivity index (χ2v) is 6.87. The largest absolute Gasteiger partial charge is 0.491 e. The lowest BCUT2D eigenvalue weighted by Gasteiger charge is -2.12. The summed E-state index contributed by atoms with van der Waals surface area (Å²) in [6.45, 7) is 1.35. The smallest absolute Gasteiger partial charge is 0.255 e. The van der Waals surface area contributed by atoms with Crippen molar-refractivity contribution in [3.05, 3.63) is 57.5 Å². The molecule has 1 fully saturated rings. The highest BCUT2D eigenvalue weighted by atomic mass is 79.9. The summed E-state index contributed by atoms with van der Waals surface area (Å²) in [5.41, 5.74) is 1.11. The molecule has 6 heteroatoms. The van der Waals surface area contributed by atoms with Crippen molar-refractivity contribution in [2.75, 3.05) is 18.5 Å². The first kappa shape index (κ1) is 17.3. The standard InChI is InChI=1S/C18H17BrClNO3/c19-13-5-8-17(16(20)10-13)21-18(22)12-3-6-14(7-4-12)24-11-15-2-1-9-23-15/h3-8,10,15H,1-2,9,11H2,(H,21,22)/t15-/m1/s1. The Morgan fingerprint density at radius 2 is 2.08 bits per heavy atom. The molecule has 0 aromatic heterocycles. The number of anilines is 1. The topological polar surface area (TPSA) is 47.6 Å². The van der Waals surface area contributed by atoms with Gasteiger partial charge >= 0.3 is 0 Å². The van der Waals surface area contributed by atoms with E-state index < -0.39 is 0 Å². The maximum absolute atomic E-state index is 12.3. The minimum atomic E-state index is -0.218. The minimum Gasteiger partial charge on any atom is -0.491 e. The maximum Gasteiger partial charge on any atom is 0.255 e. The lowest BCUT2D eigenvalue weighted by molar-refractivity contribution is 0.0679. The van der Waals surface area contributed by atoms with Crippen LogP contribution in [0.5, 0.6) is 5.75 Å². The summed E-state index contributed by atoms with van der Waals surface area (Å²) in [5, 5.41) is 3.28. The fourth-order valence-corrected chi connectivity index (χ4v) is 3.17. The fraction of sp³-hybridized carbons (Fsp3) is 0.278. The van der Waals surface area contributed by atoms with Crippen molar-refractivity contribution in [2.45, 2.75) is 18.9 Å². The van der Waals surface area contributed by atoms with Gasteiger partial charge in [-0.3, -0.25) is 4.79 Å². The van der Waals surface area contributed by atoms with E-state index in [0.717, 1.165) is 29.7 Å². The van der Waals surface area contributed by atoms with Crippen LogP contribution >= 0.6 is 27.5 Å². The first-order valence-electron chi connectivity index (χ1n) is 7.73. The summed E-state index contributed by atoms with van der Waals surface area (Å²) < 4.78 is 12.1. The Bertz CT molecular complexity index is 715. The summed E-state index contributed by atoms with van der Waals surface area (Å²) >= 11 is 9.45. The third kappa shape index (κ3) is 4.50. The number of halogens is 2. The molecule has 1 saturated heterocycles. The van der Waals surface area contributed by atoms with Crippen LogP contribution in [-0.2, 0) is 4.74 Å². The number of amides is 1. The number of nitrogens with one attached hydrogen (secondary N) is 1. The zero-order valence-corrected chi connectivity index (χ0v) is 15.3. The first-order valence-corrected chi connectivity index (χ1v) is 8.90. The predicted molar refractivity (Wildman–Crippen MR) is 98.0 cm³/mol. The van der Waals surface area contributed by atoms with Crippen molar-refractivity contribution in [1.82, 2.24) is 0 Å². The second-order valence-electron chi connectivity index (χ2n) is 5.55. The summed E-state index contributed by atoms with van der Waals surface area (Å²) in [6.07, 6.45) is 2.30. The van der Waals surface area contributed by atoms with Crippen LogP contribution in [0.2, 0.25) is 5.02 Å². The van der Waals surface area contributed by atoms with Crippen LogP contribution in [0.3, 0.4) is 0 Å². The number of rotatable bonds is 5. The molecular weight excluding hydrogens is 394 g/mol. The molecular formula is C18H17BrClNO3. The molecule has 0 aliphatic carbocycles. The average Bonchev–Trinajstić information content (AvgIpc) is 3.09. The van der Waals surface area contributed by atoms with Gasteiger partial charge in [-0.1, -0.05) is 27.5 Å². The molecule has 2 aromatic rings. The van der Waals surface area contributed by atoms with Crippen LogP contribution < -0.4 is 10.1 Å². The van der Waals surface area contributed by atoms with E-state index in [1.54, 1.807) is 36.4 Å². The van der Waals surface area contributed by atoms with E-state index >= 15 is 0 Å². The normalized spacial score (nSPS) is 16.8. The molecule has 1 aliphatic heterocycles. The van der Waals surface area contributed by atoms with Gasteiger partial charge in [-0.05, 0) is 55.3 Å². The van der Waals surface area contributed by atoms with Crippen LogP contribution in [0.15, 0.2) is 46.9 Å². The summed E-state index contributed by atoms with van der Waals surface area (Å²) in [6, 6.07) is 12.3. The zero-order valence-electron chi connectivity index (χ0n) is 12.9. The van der Waals surface area contributed by atoms with Gasteiger partial charge in [-0.15, -0.1) is 0 Å². The van der Waals surface area contributed by atoms with E-state index in [0.29, 0.717) is 22.9 Å². The molecule has 1 atom stereocenters. The number of hydrogen-bond donors (Lipinski definition) is 1. The highest BCUT2D eigenvalue weighted by Gasteiger charge is 2.16. The Kier molecular flexibility index (Phi) is 5.76. The van der Waals surface area contributed by atoms with Crippen LogP contribution in [-0.4, -0.2) is 25.2 Å². The Morgan fingerprint density at radius 1 is 1.29 bits per heavy atom. The van der Waals surface area contributed by atoms with Crippen LogP contribution in [0, 0.1) is 0 Å².